The summed E-state index contributed by atoms with van der Waals surface area (Å²) in [4.78, 5) is 0. The summed E-state index contributed by atoms with van der Waals surface area (Å²) in [6, 6.07) is 9.49. The van der Waals surface area contributed by atoms with Gasteiger partial charge in [-0.25, -0.2) is 0 Å². The molecule has 0 atom stereocenters. The van der Waals surface area contributed by atoms with Crippen LogP contribution in [0.5, 0.6) is 0 Å². The molecule has 0 saturated heterocycles. The van der Waals surface area contributed by atoms with E-state index in [4.69, 9.17) is 10.5 Å². The van der Waals surface area contributed by atoms with Gasteiger partial charge in [0.15, 0.2) is 0 Å². The van der Waals surface area contributed by atoms with Crippen molar-refractivity contribution in [3.05, 3.63) is 29.3 Å². The largest absolute Gasteiger partial charge is 0.384 e. The zero-order valence-corrected chi connectivity index (χ0v) is 11.6. The van der Waals surface area contributed by atoms with Crippen molar-refractivity contribution in [2.75, 3.05) is 11.9 Å². The molecule has 0 aliphatic rings. The lowest BCUT2D eigenvalue weighted by molar-refractivity contribution is 0.617. The average Bonchev–Trinajstić information content (AvgIpc) is 2.45. The molecule has 0 radical (unpaired) electrons. The molecular formula is C16H21N3. The fraction of sp³-hybridized carbons (Fsp3) is 0.500. The molecule has 1 aromatic rings. The molecular weight excluding hydrogens is 234 g/mol. The molecule has 0 bridgehead atoms. The molecule has 19 heavy (non-hydrogen) atoms. The van der Waals surface area contributed by atoms with E-state index < -0.39 is 0 Å². The molecule has 0 unspecified atom stereocenters. The first-order valence-corrected chi connectivity index (χ1v) is 7.00. The summed E-state index contributed by atoms with van der Waals surface area (Å²) in [5, 5.41) is 21.3. The fourth-order valence-electron chi connectivity index (χ4n) is 2.04. The van der Waals surface area contributed by atoms with Crippen LogP contribution in [0.25, 0.3) is 0 Å². The molecule has 3 heteroatoms. The molecule has 0 spiro atoms. The van der Waals surface area contributed by atoms with Crippen LogP contribution in [0.2, 0.25) is 0 Å². The third-order valence-electron chi connectivity index (χ3n) is 3.14. The van der Waals surface area contributed by atoms with E-state index in [0.29, 0.717) is 11.1 Å². The minimum absolute atomic E-state index is 0.440. The van der Waals surface area contributed by atoms with E-state index in [1.807, 2.05) is 18.2 Å². The van der Waals surface area contributed by atoms with Crippen LogP contribution in [0, 0.1) is 22.7 Å². The van der Waals surface area contributed by atoms with Crippen molar-refractivity contribution >= 4 is 5.69 Å². The Morgan fingerprint density at radius 2 is 1.74 bits per heavy atom. The second-order valence-corrected chi connectivity index (χ2v) is 4.65. The first kappa shape index (κ1) is 15.1. The monoisotopic (exact) mass is 255 g/mol. The summed E-state index contributed by atoms with van der Waals surface area (Å²) in [5.41, 5.74) is 1.67. The van der Waals surface area contributed by atoms with Gasteiger partial charge in [0.25, 0.3) is 0 Å². The number of unbranched alkanes of at least 4 members (excludes halogenated alkanes) is 5. The molecule has 0 aliphatic carbocycles. The highest BCUT2D eigenvalue weighted by Gasteiger charge is 2.06. The first-order valence-electron chi connectivity index (χ1n) is 7.00. The average molecular weight is 255 g/mol. The molecule has 1 aromatic carbocycles. The highest BCUT2D eigenvalue weighted by Crippen LogP contribution is 2.18. The van der Waals surface area contributed by atoms with Crippen LogP contribution in [0.15, 0.2) is 18.2 Å². The van der Waals surface area contributed by atoms with Crippen LogP contribution in [-0.2, 0) is 0 Å². The topological polar surface area (TPSA) is 59.6 Å². The third-order valence-corrected chi connectivity index (χ3v) is 3.14. The number of nitrogens with one attached hydrogen (secondary N) is 1. The van der Waals surface area contributed by atoms with Crippen molar-refractivity contribution in [2.45, 2.75) is 45.4 Å². The van der Waals surface area contributed by atoms with Gasteiger partial charge in [-0.1, -0.05) is 45.1 Å². The number of anilines is 1. The lowest BCUT2D eigenvalue weighted by Gasteiger charge is -2.08. The Kier molecular flexibility index (Phi) is 7.13. The molecule has 3 nitrogen and oxygen atoms in total. The van der Waals surface area contributed by atoms with Gasteiger partial charge in [-0.15, -0.1) is 0 Å². The fourth-order valence-corrected chi connectivity index (χ4v) is 2.04. The van der Waals surface area contributed by atoms with Crippen molar-refractivity contribution < 1.29 is 0 Å². The summed E-state index contributed by atoms with van der Waals surface area (Å²) in [6.07, 6.45) is 7.49. The van der Waals surface area contributed by atoms with E-state index in [-0.39, 0.29) is 0 Å². The van der Waals surface area contributed by atoms with Gasteiger partial charge in [0.2, 0.25) is 0 Å². The zero-order valence-electron chi connectivity index (χ0n) is 11.6. The Hall–Kier alpha value is -2.00. The lowest BCUT2D eigenvalue weighted by atomic mass is 10.1. The normalized spacial score (nSPS) is 9.63. The van der Waals surface area contributed by atoms with Gasteiger partial charge < -0.3 is 5.32 Å². The summed E-state index contributed by atoms with van der Waals surface area (Å²) < 4.78 is 0. The van der Waals surface area contributed by atoms with Crippen molar-refractivity contribution in [3.8, 4) is 12.1 Å². The lowest BCUT2D eigenvalue weighted by Crippen LogP contribution is -2.04. The van der Waals surface area contributed by atoms with Crippen LogP contribution in [0.1, 0.15) is 56.6 Å². The molecule has 0 amide bonds. The summed E-state index contributed by atoms with van der Waals surface area (Å²) in [6.45, 7) is 3.07. The third kappa shape index (κ3) is 5.02. The molecule has 0 saturated carbocycles. The maximum absolute atomic E-state index is 9.09. The molecule has 0 aromatic heterocycles. The van der Waals surface area contributed by atoms with Crippen molar-refractivity contribution in [1.82, 2.24) is 0 Å². The summed E-state index contributed by atoms with van der Waals surface area (Å²) in [5.74, 6) is 0. The number of nitrogens with zero attached hydrogens (tertiary/aromatic N) is 2. The highest BCUT2D eigenvalue weighted by atomic mass is 14.9. The van der Waals surface area contributed by atoms with Crippen LogP contribution in [0.3, 0.4) is 0 Å². The maximum atomic E-state index is 9.09. The van der Waals surface area contributed by atoms with Gasteiger partial charge in [-0.3, -0.25) is 0 Å². The van der Waals surface area contributed by atoms with Crippen LogP contribution < -0.4 is 5.32 Å². The Bertz CT molecular complexity index is 466. The van der Waals surface area contributed by atoms with Gasteiger partial charge in [-0.2, -0.15) is 10.5 Å². The van der Waals surface area contributed by atoms with Crippen molar-refractivity contribution in [1.29, 1.82) is 10.5 Å². The Morgan fingerprint density at radius 3 is 2.42 bits per heavy atom. The van der Waals surface area contributed by atoms with Gasteiger partial charge in [-0.05, 0) is 18.6 Å². The molecule has 1 N–H and O–H groups in total. The van der Waals surface area contributed by atoms with E-state index in [1.54, 1.807) is 6.07 Å². The molecule has 1 rings (SSSR count). The maximum Gasteiger partial charge on any atom is 0.103 e. The Balaban J connectivity index is 2.38. The molecule has 0 aliphatic heterocycles. The number of hydrogen-bond donors (Lipinski definition) is 1. The first-order chi connectivity index (χ1) is 9.33. The van der Waals surface area contributed by atoms with Crippen LogP contribution >= 0.6 is 0 Å². The van der Waals surface area contributed by atoms with Crippen molar-refractivity contribution in [2.24, 2.45) is 0 Å². The standard InChI is InChI=1S/C16H21N3/c1-2-3-4-5-6-7-11-19-16-10-8-9-14(12-17)15(16)13-18/h8-10,19H,2-7,11H2,1H3. The predicted octanol–water partition coefficient (Wildman–Crippen LogP) is 4.20. The van der Waals surface area contributed by atoms with E-state index in [2.05, 4.69) is 18.3 Å². The highest BCUT2D eigenvalue weighted by molar-refractivity contribution is 5.63. The smallest absolute Gasteiger partial charge is 0.103 e. The van der Waals surface area contributed by atoms with E-state index in [9.17, 15) is 0 Å². The number of rotatable bonds is 8. The van der Waals surface area contributed by atoms with Gasteiger partial charge in [0.1, 0.15) is 12.1 Å². The van der Waals surface area contributed by atoms with Gasteiger partial charge in [0.05, 0.1) is 16.8 Å². The van der Waals surface area contributed by atoms with Crippen molar-refractivity contribution in [3.63, 3.8) is 0 Å². The van der Waals surface area contributed by atoms with Gasteiger partial charge >= 0.3 is 0 Å². The van der Waals surface area contributed by atoms with E-state index >= 15 is 0 Å². The summed E-state index contributed by atoms with van der Waals surface area (Å²) >= 11 is 0. The Labute approximate surface area is 115 Å². The SMILES string of the molecule is CCCCCCCCNc1cccc(C#N)c1C#N. The summed E-state index contributed by atoms with van der Waals surface area (Å²) in [7, 11) is 0. The second-order valence-electron chi connectivity index (χ2n) is 4.65. The molecule has 100 valence electrons. The van der Waals surface area contributed by atoms with E-state index in [1.165, 1.54) is 32.1 Å². The Morgan fingerprint density at radius 1 is 1.00 bits per heavy atom. The number of nitriles is 2. The minimum atomic E-state index is 0.440. The molecule has 0 fully saturated rings. The number of hydrogen-bond acceptors (Lipinski definition) is 3. The van der Waals surface area contributed by atoms with Crippen LogP contribution in [0.4, 0.5) is 5.69 Å². The number of benzene rings is 1. The van der Waals surface area contributed by atoms with Gasteiger partial charge in [0, 0.05) is 6.54 Å². The predicted molar refractivity (Wildman–Crippen MR) is 77.7 cm³/mol. The van der Waals surface area contributed by atoms with Crippen LogP contribution in [-0.4, -0.2) is 6.54 Å². The molecule has 0 heterocycles. The zero-order chi connectivity index (χ0) is 13.9. The minimum Gasteiger partial charge on any atom is -0.384 e. The quantitative estimate of drug-likeness (QED) is 0.708. The van der Waals surface area contributed by atoms with E-state index in [0.717, 1.165) is 18.7 Å². The second kappa shape index (κ2) is 9.00.